The van der Waals surface area contributed by atoms with Gasteiger partial charge in [0.2, 0.25) is 23.6 Å². The van der Waals surface area contributed by atoms with Crippen molar-refractivity contribution in [3.8, 4) is 0 Å². The second-order valence-electron chi connectivity index (χ2n) is 16.4. The smallest absolute Gasteiger partial charge is 0.410 e. The third-order valence-electron chi connectivity index (χ3n) is 12.3. The van der Waals surface area contributed by atoms with Crippen LogP contribution in [0.5, 0.6) is 0 Å². The van der Waals surface area contributed by atoms with Crippen LogP contribution in [0.1, 0.15) is 69.2 Å². The molecule has 1 unspecified atom stereocenters. The number of benzene rings is 2. The number of piperidine rings is 2. The number of imide groups is 1. The van der Waals surface area contributed by atoms with Crippen molar-refractivity contribution < 1.29 is 33.4 Å². The zero-order chi connectivity index (χ0) is 38.6. The van der Waals surface area contributed by atoms with Crippen LogP contribution in [0, 0.1) is 11.3 Å². The van der Waals surface area contributed by atoms with Crippen molar-refractivity contribution in [3.05, 3.63) is 70.1 Å². The van der Waals surface area contributed by atoms with Gasteiger partial charge in [-0.25, -0.2) is 9.59 Å². The van der Waals surface area contributed by atoms with Gasteiger partial charge in [0.1, 0.15) is 24.3 Å². The molecule has 1 aromatic heterocycles. The van der Waals surface area contributed by atoms with Crippen LogP contribution in [0.25, 0.3) is 11.0 Å². The summed E-state index contributed by atoms with van der Waals surface area (Å²) >= 11 is 0. The lowest BCUT2D eigenvalue weighted by Gasteiger charge is -2.39. The molecular weight excluding hydrogens is 706 g/mol. The van der Waals surface area contributed by atoms with Gasteiger partial charge in [-0.05, 0) is 54.9 Å². The minimum atomic E-state index is -1.17. The third-order valence-corrected chi connectivity index (χ3v) is 12.3. The SMILES string of the molecule is CC1(C)Cn2c(=O)n(C3CCC(=O)NC3=O)c3ccc(cc32)CC2CCN(CC2)C(=O)O[C@@H]2CCN(C(=O)[C@H]1N)[C@@H]2C(=O)N1CCO[C@H](c2ccccc2)C1. The molecule has 2 aromatic carbocycles. The first kappa shape index (κ1) is 36.9. The lowest BCUT2D eigenvalue weighted by atomic mass is 9.83. The number of amides is 5. The minimum absolute atomic E-state index is 0.0322. The predicted octanol–water partition coefficient (Wildman–Crippen LogP) is 2.11. The third kappa shape index (κ3) is 6.92. The molecule has 4 fully saturated rings. The number of nitrogens with two attached hydrogens (primary N) is 1. The molecule has 7 heterocycles. The number of aromatic nitrogens is 2. The van der Waals surface area contributed by atoms with Gasteiger partial charge < -0.3 is 29.9 Å². The summed E-state index contributed by atoms with van der Waals surface area (Å²) in [6.45, 7) is 5.67. The largest absolute Gasteiger partial charge is 0.443 e. The number of nitrogens with one attached hydrogen (secondary N) is 1. The lowest BCUT2D eigenvalue weighted by molar-refractivity contribution is -0.153. The number of nitrogens with zero attached hydrogens (tertiary/aromatic N) is 5. The Balaban J connectivity index is 1.16. The van der Waals surface area contributed by atoms with Crippen molar-refractivity contribution >= 4 is 40.8 Å². The highest BCUT2D eigenvalue weighted by atomic mass is 16.6. The molecule has 3 aromatic rings. The van der Waals surface area contributed by atoms with Crippen LogP contribution >= 0.6 is 0 Å². The quantitative estimate of drug-likeness (QED) is 0.379. The van der Waals surface area contributed by atoms with Crippen molar-refractivity contribution in [2.24, 2.45) is 17.1 Å². The van der Waals surface area contributed by atoms with Gasteiger partial charge in [0.05, 0.1) is 30.2 Å². The number of imidazole rings is 1. The molecule has 15 heteroatoms. The Labute approximate surface area is 318 Å². The minimum Gasteiger partial charge on any atom is -0.443 e. The van der Waals surface area contributed by atoms with Gasteiger partial charge in [0, 0.05) is 51.0 Å². The second-order valence-corrected chi connectivity index (χ2v) is 16.4. The number of hydrogen-bond acceptors (Lipinski definition) is 9. The Morgan fingerprint density at radius 1 is 0.909 bits per heavy atom. The fraction of sp³-hybridized carbons (Fsp3) is 0.550. The van der Waals surface area contributed by atoms with Crippen molar-refractivity contribution in [1.29, 1.82) is 0 Å². The Kier molecular flexibility index (Phi) is 9.78. The lowest BCUT2D eigenvalue weighted by Crippen LogP contribution is -2.60. The highest BCUT2D eigenvalue weighted by molar-refractivity contribution is 6.00. The summed E-state index contributed by atoms with van der Waals surface area (Å²) in [5, 5.41) is 2.38. The molecule has 6 aliphatic rings. The van der Waals surface area contributed by atoms with E-state index in [-0.39, 0.29) is 62.7 Å². The fourth-order valence-electron chi connectivity index (χ4n) is 9.04. The van der Waals surface area contributed by atoms with Crippen LogP contribution < -0.4 is 16.7 Å². The van der Waals surface area contributed by atoms with Crippen LogP contribution in [0.2, 0.25) is 0 Å². The van der Waals surface area contributed by atoms with Gasteiger partial charge >= 0.3 is 11.8 Å². The first-order valence-corrected chi connectivity index (χ1v) is 19.4. The Morgan fingerprint density at radius 3 is 2.42 bits per heavy atom. The molecule has 292 valence electrons. The van der Waals surface area contributed by atoms with Gasteiger partial charge in [0.25, 0.3) is 0 Å². The van der Waals surface area contributed by atoms with E-state index < -0.39 is 53.2 Å². The summed E-state index contributed by atoms with van der Waals surface area (Å²) in [4.78, 5) is 87.3. The monoisotopic (exact) mass is 755 g/mol. The first-order chi connectivity index (χ1) is 26.4. The van der Waals surface area contributed by atoms with Crippen LogP contribution in [-0.2, 0) is 41.6 Å². The fourth-order valence-corrected chi connectivity index (χ4v) is 9.04. The van der Waals surface area contributed by atoms with Gasteiger partial charge in [-0.2, -0.15) is 0 Å². The predicted molar refractivity (Wildman–Crippen MR) is 199 cm³/mol. The molecule has 6 bridgehead atoms. The van der Waals surface area contributed by atoms with Crippen LogP contribution in [0.15, 0.2) is 53.3 Å². The van der Waals surface area contributed by atoms with Crippen LogP contribution in [0.4, 0.5) is 4.79 Å². The van der Waals surface area contributed by atoms with Crippen molar-refractivity contribution in [2.75, 3.05) is 39.3 Å². The topological polar surface area (TPSA) is 179 Å². The highest BCUT2D eigenvalue weighted by Crippen LogP contribution is 2.34. The number of morpholine rings is 1. The molecule has 4 saturated heterocycles. The van der Waals surface area contributed by atoms with E-state index in [1.54, 1.807) is 14.4 Å². The summed E-state index contributed by atoms with van der Waals surface area (Å²) in [5.41, 5.74) is 8.51. The molecule has 15 nitrogen and oxygen atoms in total. The molecule has 0 spiro atoms. The number of rotatable bonds is 3. The van der Waals surface area contributed by atoms with E-state index in [0.717, 1.165) is 30.4 Å². The van der Waals surface area contributed by atoms with E-state index in [1.807, 2.05) is 62.4 Å². The standard InChI is InChI=1S/C40H49N7O8/c1-40(2)23-46-29-21-25(8-9-27(29)47(38(46)52)28-10-11-32(48)42-35(28)49)20-24-12-15-43(16-13-24)39(53)55-30-14-17-45(37(51)34(40)41)33(30)36(50)44-18-19-54-31(22-44)26-6-4-3-5-7-26/h3-9,21,24,28,30-31,33-34H,10-20,22-23,41H2,1-2H3,(H,42,48,49)/t28?,30-,31+,33+,34-/m1/s1. The maximum Gasteiger partial charge on any atom is 0.410 e. The van der Waals surface area contributed by atoms with E-state index in [4.69, 9.17) is 15.2 Å². The van der Waals surface area contributed by atoms with Crippen LogP contribution in [-0.4, -0.2) is 111 Å². The highest BCUT2D eigenvalue weighted by Gasteiger charge is 2.50. The average molecular weight is 756 g/mol. The van der Waals surface area contributed by atoms with E-state index in [9.17, 15) is 28.8 Å². The molecule has 3 N–H and O–H groups in total. The molecule has 55 heavy (non-hydrogen) atoms. The summed E-state index contributed by atoms with van der Waals surface area (Å²) in [5.74, 6) is -1.45. The van der Waals surface area contributed by atoms with E-state index in [2.05, 4.69) is 5.32 Å². The van der Waals surface area contributed by atoms with Crippen molar-refractivity contribution in [2.45, 2.75) is 89.3 Å². The maximum atomic E-state index is 14.6. The summed E-state index contributed by atoms with van der Waals surface area (Å²) in [7, 11) is 0. The summed E-state index contributed by atoms with van der Waals surface area (Å²) in [6.07, 6.45) is 1.04. The molecular formula is C40H49N7O8. The number of ether oxygens (including phenoxy) is 2. The van der Waals surface area contributed by atoms with Gasteiger partial charge in [-0.3, -0.25) is 33.6 Å². The van der Waals surface area contributed by atoms with Crippen molar-refractivity contribution in [1.82, 2.24) is 29.2 Å². The molecule has 0 saturated carbocycles. The van der Waals surface area contributed by atoms with Crippen LogP contribution in [0.3, 0.4) is 0 Å². The Bertz CT molecular complexity index is 2070. The Morgan fingerprint density at radius 2 is 1.67 bits per heavy atom. The van der Waals surface area contributed by atoms with E-state index in [0.29, 0.717) is 37.3 Å². The number of carbonyl (C=O) groups is 5. The summed E-state index contributed by atoms with van der Waals surface area (Å²) in [6, 6.07) is 12.3. The number of hydrogen-bond donors (Lipinski definition) is 2. The number of fused-ring (bicyclic) bond motifs is 6. The number of carbonyl (C=O) groups excluding carboxylic acids is 5. The molecule has 0 aliphatic carbocycles. The first-order valence-electron chi connectivity index (χ1n) is 19.4. The van der Waals surface area contributed by atoms with Crippen molar-refractivity contribution in [3.63, 3.8) is 0 Å². The molecule has 5 atom stereocenters. The van der Waals surface area contributed by atoms with E-state index in [1.165, 1.54) is 9.47 Å². The maximum absolute atomic E-state index is 14.6. The van der Waals surface area contributed by atoms with Gasteiger partial charge in [-0.1, -0.05) is 50.2 Å². The average Bonchev–Trinajstić information content (AvgIpc) is 3.71. The zero-order valence-electron chi connectivity index (χ0n) is 31.4. The normalized spacial score (nSPS) is 28.0. The Hall–Kier alpha value is -5.02. The molecule has 0 radical (unpaired) electrons. The molecule has 5 amide bonds. The second kappa shape index (κ2) is 14.6. The summed E-state index contributed by atoms with van der Waals surface area (Å²) < 4.78 is 15.2. The van der Waals surface area contributed by atoms with Gasteiger partial charge in [-0.15, -0.1) is 0 Å². The van der Waals surface area contributed by atoms with E-state index >= 15 is 0 Å². The van der Waals surface area contributed by atoms with Gasteiger partial charge in [0.15, 0.2) is 0 Å². The molecule has 9 rings (SSSR count). The molecule has 6 aliphatic heterocycles. The zero-order valence-corrected chi connectivity index (χ0v) is 31.4.